The maximum absolute atomic E-state index is 12.2. The van der Waals surface area contributed by atoms with Crippen molar-refractivity contribution in [2.75, 3.05) is 26.7 Å². The van der Waals surface area contributed by atoms with E-state index in [1.54, 1.807) is 7.11 Å². The van der Waals surface area contributed by atoms with Crippen LogP contribution >= 0.6 is 0 Å². The molecular formula is C17H23F3N2O2. The maximum Gasteiger partial charge on any atom is 0.405 e. The van der Waals surface area contributed by atoms with Crippen molar-refractivity contribution in [3.63, 3.8) is 0 Å². The lowest BCUT2D eigenvalue weighted by atomic mass is 9.94. The van der Waals surface area contributed by atoms with Crippen molar-refractivity contribution in [3.8, 4) is 5.75 Å². The lowest BCUT2D eigenvalue weighted by Gasteiger charge is -2.36. The summed E-state index contributed by atoms with van der Waals surface area (Å²) < 4.78 is 42.0. The first-order chi connectivity index (χ1) is 11.3. The number of benzene rings is 1. The molecule has 1 aliphatic rings. The van der Waals surface area contributed by atoms with Gasteiger partial charge in [-0.05, 0) is 44.0 Å². The zero-order chi connectivity index (χ0) is 17.7. The molecule has 7 heteroatoms. The Balaban J connectivity index is 1.97. The van der Waals surface area contributed by atoms with Gasteiger partial charge in [0.15, 0.2) is 0 Å². The van der Waals surface area contributed by atoms with E-state index in [-0.39, 0.29) is 6.04 Å². The van der Waals surface area contributed by atoms with Crippen molar-refractivity contribution in [2.24, 2.45) is 5.92 Å². The Hall–Kier alpha value is -1.76. The van der Waals surface area contributed by atoms with Crippen LogP contribution < -0.4 is 10.1 Å². The largest absolute Gasteiger partial charge is 0.497 e. The number of amides is 1. The summed E-state index contributed by atoms with van der Waals surface area (Å²) in [6, 6.07) is 7.76. The molecule has 1 aromatic rings. The molecule has 1 aromatic carbocycles. The molecule has 2 rings (SSSR count). The molecule has 0 aromatic heterocycles. The summed E-state index contributed by atoms with van der Waals surface area (Å²) >= 11 is 0. The minimum absolute atomic E-state index is 0.0679. The highest BCUT2D eigenvalue weighted by Crippen LogP contribution is 2.28. The van der Waals surface area contributed by atoms with Gasteiger partial charge in [-0.1, -0.05) is 12.1 Å². The van der Waals surface area contributed by atoms with Crippen LogP contribution in [0.15, 0.2) is 24.3 Å². The predicted molar refractivity (Wildman–Crippen MR) is 84.8 cm³/mol. The summed E-state index contributed by atoms with van der Waals surface area (Å²) in [7, 11) is 1.60. The number of rotatable bonds is 5. The number of methoxy groups -OCH3 is 1. The molecule has 2 unspecified atom stereocenters. The van der Waals surface area contributed by atoms with Gasteiger partial charge in [0.25, 0.3) is 0 Å². The molecule has 1 fully saturated rings. The maximum atomic E-state index is 12.2. The second kappa shape index (κ2) is 7.88. The molecule has 2 atom stereocenters. The topological polar surface area (TPSA) is 41.6 Å². The van der Waals surface area contributed by atoms with Crippen molar-refractivity contribution in [2.45, 2.75) is 32.0 Å². The number of carbonyl (C=O) groups is 1. The first-order valence-corrected chi connectivity index (χ1v) is 8.02. The predicted octanol–water partition coefficient (Wildman–Crippen LogP) is 3.15. The van der Waals surface area contributed by atoms with Crippen LogP contribution in [0.1, 0.15) is 31.4 Å². The van der Waals surface area contributed by atoms with E-state index in [0.717, 1.165) is 24.3 Å². The van der Waals surface area contributed by atoms with Gasteiger partial charge in [-0.2, -0.15) is 13.2 Å². The summed E-state index contributed by atoms with van der Waals surface area (Å²) in [6.45, 7) is 2.04. The molecule has 1 heterocycles. The van der Waals surface area contributed by atoms with E-state index in [0.29, 0.717) is 13.0 Å². The quantitative estimate of drug-likeness (QED) is 0.892. The van der Waals surface area contributed by atoms with E-state index in [9.17, 15) is 18.0 Å². The molecule has 0 aliphatic carbocycles. The van der Waals surface area contributed by atoms with Crippen molar-refractivity contribution in [3.05, 3.63) is 29.8 Å². The average Bonchev–Trinajstić information content (AvgIpc) is 2.58. The Morgan fingerprint density at radius 1 is 1.46 bits per heavy atom. The Morgan fingerprint density at radius 2 is 2.21 bits per heavy atom. The van der Waals surface area contributed by atoms with E-state index in [1.165, 1.54) is 0 Å². The van der Waals surface area contributed by atoms with E-state index >= 15 is 0 Å². The molecule has 1 amide bonds. The van der Waals surface area contributed by atoms with Crippen LogP contribution in [0.25, 0.3) is 0 Å². The van der Waals surface area contributed by atoms with Crippen LogP contribution in [0.5, 0.6) is 5.75 Å². The standard InChI is InChI=1S/C17H23F3N2O2/c1-12(13-5-3-7-15(9-13)24-2)22-8-4-6-14(10-22)16(23)21-11-17(18,19)20/h3,5,7,9,12,14H,4,6,8,10-11H2,1-2H3,(H,21,23). The van der Waals surface area contributed by atoms with Crippen LogP contribution in [0.4, 0.5) is 13.2 Å². The number of halogens is 3. The van der Waals surface area contributed by atoms with Crippen molar-refractivity contribution in [1.82, 2.24) is 10.2 Å². The van der Waals surface area contributed by atoms with Gasteiger partial charge in [-0.15, -0.1) is 0 Å². The molecule has 1 saturated heterocycles. The number of ether oxygens (including phenoxy) is 1. The minimum Gasteiger partial charge on any atom is -0.497 e. The SMILES string of the molecule is COc1cccc(C(C)N2CCCC(C(=O)NCC(F)(F)F)C2)c1. The molecule has 0 saturated carbocycles. The number of likely N-dealkylation sites (tertiary alicyclic amines) is 1. The smallest absolute Gasteiger partial charge is 0.405 e. The lowest BCUT2D eigenvalue weighted by Crippen LogP contribution is -2.45. The van der Waals surface area contributed by atoms with E-state index in [4.69, 9.17) is 4.74 Å². The number of piperidine rings is 1. The number of nitrogens with zero attached hydrogens (tertiary/aromatic N) is 1. The second-order valence-corrected chi connectivity index (χ2v) is 6.12. The van der Waals surface area contributed by atoms with E-state index < -0.39 is 24.5 Å². The number of carbonyl (C=O) groups excluding carboxylic acids is 1. The van der Waals surface area contributed by atoms with Crippen LogP contribution in [-0.4, -0.2) is 43.7 Å². The van der Waals surface area contributed by atoms with Gasteiger partial charge >= 0.3 is 6.18 Å². The summed E-state index contributed by atoms with van der Waals surface area (Å²) in [5.41, 5.74) is 1.06. The average molecular weight is 344 g/mol. The Bertz CT molecular complexity index is 563. The highest BCUT2D eigenvalue weighted by molar-refractivity contribution is 5.79. The van der Waals surface area contributed by atoms with Crippen molar-refractivity contribution < 1.29 is 22.7 Å². The third kappa shape index (κ3) is 5.12. The molecule has 1 N–H and O–H groups in total. The van der Waals surface area contributed by atoms with Crippen LogP contribution in [-0.2, 0) is 4.79 Å². The van der Waals surface area contributed by atoms with Gasteiger partial charge in [0.1, 0.15) is 12.3 Å². The van der Waals surface area contributed by atoms with Crippen LogP contribution in [0.2, 0.25) is 0 Å². The summed E-state index contributed by atoms with van der Waals surface area (Å²) in [5, 5.41) is 2.00. The van der Waals surface area contributed by atoms with Gasteiger partial charge < -0.3 is 10.1 Å². The molecule has 0 radical (unpaired) electrons. The number of hydrogen-bond acceptors (Lipinski definition) is 3. The molecule has 0 spiro atoms. The van der Waals surface area contributed by atoms with Gasteiger partial charge in [0, 0.05) is 12.6 Å². The number of nitrogens with one attached hydrogen (secondary N) is 1. The summed E-state index contributed by atoms with van der Waals surface area (Å²) in [5.74, 6) is -0.167. The second-order valence-electron chi connectivity index (χ2n) is 6.12. The first-order valence-electron chi connectivity index (χ1n) is 8.02. The molecular weight excluding hydrogens is 321 g/mol. The Labute approximate surface area is 140 Å². The monoisotopic (exact) mass is 344 g/mol. The van der Waals surface area contributed by atoms with E-state index in [1.807, 2.05) is 36.5 Å². The highest BCUT2D eigenvalue weighted by Gasteiger charge is 2.32. The fraction of sp³-hybridized carbons (Fsp3) is 0.588. The normalized spacial score (nSPS) is 20.5. The summed E-state index contributed by atoms with van der Waals surface area (Å²) in [6.07, 6.45) is -2.97. The third-order valence-corrected chi connectivity index (χ3v) is 4.41. The van der Waals surface area contributed by atoms with E-state index in [2.05, 4.69) is 4.90 Å². The molecule has 134 valence electrons. The third-order valence-electron chi connectivity index (χ3n) is 4.41. The first kappa shape index (κ1) is 18.6. The Morgan fingerprint density at radius 3 is 2.88 bits per heavy atom. The minimum atomic E-state index is -4.38. The number of hydrogen-bond donors (Lipinski definition) is 1. The van der Waals surface area contributed by atoms with Gasteiger partial charge in [-0.25, -0.2) is 0 Å². The highest BCUT2D eigenvalue weighted by atomic mass is 19.4. The molecule has 4 nitrogen and oxygen atoms in total. The summed E-state index contributed by atoms with van der Waals surface area (Å²) in [4.78, 5) is 14.1. The Kier molecular flexibility index (Phi) is 6.10. The van der Waals surface area contributed by atoms with Crippen LogP contribution in [0, 0.1) is 5.92 Å². The van der Waals surface area contributed by atoms with Gasteiger partial charge in [0.2, 0.25) is 5.91 Å². The zero-order valence-electron chi connectivity index (χ0n) is 13.9. The fourth-order valence-corrected chi connectivity index (χ4v) is 3.02. The molecule has 24 heavy (non-hydrogen) atoms. The van der Waals surface area contributed by atoms with Crippen molar-refractivity contribution in [1.29, 1.82) is 0 Å². The van der Waals surface area contributed by atoms with Crippen molar-refractivity contribution >= 4 is 5.91 Å². The molecule has 0 bridgehead atoms. The lowest BCUT2D eigenvalue weighted by molar-refractivity contribution is -0.142. The molecule has 1 aliphatic heterocycles. The van der Waals surface area contributed by atoms with Gasteiger partial charge in [-0.3, -0.25) is 9.69 Å². The fourth-order valence-electron chi connectivity index (χ4n) is 3.02. The number of alkyl halides is 3. The van der Waals surface area contributed by atoms with Crippen LogP contribution in [0.3, 0.4) is 0 Å². The van der Waals surface area contributed by atoms with Gasteiger partial charge in [0.05, 0.1) is 13.0 Å². The zero-order valence-corrected chi connectivity index (χ0v) is 13.9.